The molecule has 0 saturated heterocycles. The van der Waals surface area contributed by atoms with Crippen molar-refractivity contribution < 1.29 is 9.90 Å². The number of rotatable bonds is 2. The molecule has 0 radical (unpaired) electrons. The number of hydrogen-bond donors (Lipinski definition) is 1. The Morgan fingerprint density at radius 2 is 1.90 bits per heavy atom. The Bertz CT molecular complexity index is 96.2. The van der Waals surface area contributed by atoms with E-state index in [-0.39, 0.29) is 5.57 Å². The van der Waals surface area contributed by atoms with Crippen molar-refractivity contribution in [1.29, 1.82) is 0 Å². The number of aliphatic carboxylic acids is 1. The summed E-state index contributed by atoms with van der Waals surface area (Å²) in [7, 11) is 0. The van der Waals surface area contributed by atoms with Crippen LogP contribution in [0.25, 0.3) is 0 Å². The number of carboxylic acids is 1. The second kappa shape index (κ2) is 9.85. The molecule has 0 aromatic carbocycles. The first-order chi connectivity index (χ1) is 4.56. The van der Waals surface area contributed by atoms with Gasteiger partial charge >= 0.3 is 68.8 Å². The van der Waals surface area contributed by atoms with E-state index in [9.17, 15) is 4.79 Å². The van der Waals surface area contributed by atoms with E-state index in [1.54, 1.807) is 0 Å². The Morgan fingerprint density at radius 3 is 1.90 bits per heavy atom. The molecule has 0 bridgehead atoms. The van der Waals surface area contributed by atoms with Gasteiger partial charge in [-0.15, -0.1) is 0 Å². The standard InChI is InChI=1S/C4H6O2.C3H7.K/c1-3(2)4(5)6;1-3-2;/h1H2,2H3,(H,5,6);1,3H2,2H3;. The van der Waals surface area contributed by atoms with Crippen molar-refractivity contribution >= 4 is 54.9 Å². The molecule has 0 amide bonds. The summed E-state index contributed by atoms with van der Waals surface area (Å²) in [5.41, 5.74) is 0.176. The van der Waals surface area contributed by atoms with Gasteiger partial charge in [0.1, 0.15) is 0 Å². The molecule has 0 rings (SSSR count). The van der Waals surface area contributed by atoms with Crippen LogP contribution in [0.1, 0.15) is 20.3 Å². The zero-order valence-corrected chi connectivity index (χ0v) is 10.1. The number of carboxylic acid groups (broad SMARTS) is 1. The Labute approximate surface area is 96.3 Å². The molecule has 0 aromatic heterocycles. The minimum absolute atomic E-state index is 0.176. The average molecular weight is 168 g/mol. The first kappa shape index (κ1) is 13.4. The van der Waals surface area contributed by atoms with Gasteiger partial charge in [-0.25, -0.2) is 4.79 Å². The zero-order valence-electron chi connectivity index (χ0n) is 6.98. The van der Waals surface area contributed by atoms with E-state index in [1.165, 1.54) is 13.9 Å². The van der Waals surface area contributed by atoms with E-state index in [2.05, 4.69) is 13.5 Å². The third kappa shape index (κ3) is 15.9. The molecular formula is C7H13KO2. The first-order valence-corrected chi connectivity index (χ1v) is 5.65. The average Bonchev–Trinajstić information content (AvgIpc) is 1.89. The molecule has 54 valence electrons. The van der Waals surface area contributed by atoms with E-state index in [0.29, 0.717) is 0 Å². The molecule has 0 aromatic rings. The van der Waals surface area contributed by atoms with Crippen molar-refractivity contribution in [3.63, 3.8) is 0 Å². The SMILES string of the molecule is C=C(C)C(=O)O.CC[CH2][K]. The summed E-state index contributed by atoms with van der Waals surface area (Å²) in [6.45, 7) is 6.83. The number of carbonyl (C=O) groups is 1. The van der Waals surface area contributed by atoms with Crippen LogP contribution in [-0.4, -0.2) is 60.0 Å². The topological polar surface area (TPSA) is 37.3 Å². The minimum atomic E-state index is -0.935. The van der Waals surface area contributed by atoms with Crippen LogP contribution < -0.4 is 0 Å². The molecule has 0 aliphatic heterocycles. The van der Waals surface area contributed by atoms with Gasteiger partial charge in [0.25, 0.3) is 0 Å². The summed E-state index contributed by atoms with van der Waals surface area (Å²) in [5.74, 6) is -0.935. The molecule has 0 saturated carbocycles. The Morgan fingerprint density at radius 1 is 1.70 bits per heavy atom. The van der Waals surface area contributed by atoms with Crippen LogP contribution in [0.2, 0.25) is 0.515 Å². The van der Waals surface area contributed by atoms with Crippen LogP contribution in [0.3, 0.4) is 0 Å². The molecule has 3 heteroatoms. The van der Waals surface area contributed by atoms with Gasteiger partial charge in [-0.1, -0.05) is 6.58 Å². The van der Waals surface area contributed by atoms with Crippen LogP contribution in [-0.2, 0) is 4.79 Å². The molecule has 0 atom stereocenters. The third-order valence-corrected chi connectivity index (χ3v) is 2.43. The van der Waals surface area contributed by atoms with Crippen molar-refractivity contribution in [3.8, 4) is 0 Å². The van der Waals surface area contributed by atoms with E-state index in [1.807, 2.05) is 0 Å². The van der Waals surface area contributed by atoms with Crippen molar-refractivity contribution in [2.75, 3.05) is 0 Å². The third-order valence-electron chi connectivity index (χ3n) is 0.865. The maximum atomic E-state index is 9.60. The normalized spacial score (nSPS) is 7.60. The van der Waals surface area contributed by atoms with Crippen molar-refractivity contribution in [1.82, 2.24) is 0 Å². The van der Waals surface area contributed by atoms with E-state index in [4.69, 9.17) is 5.11 Å². The van der Waals surface area contributed by atoms with Crippen LogP contribution >= 0.6 is 0 Å². The molecule has 0 fully saturated rings. The van der Waals surface area contributed by atoms with E-state index >= 15 is 0 Å². The van der Waals surface area contributed by atoms with Crippen LogP contribution in [0.5, 0.6) is 0 Å². The van der Waals surface area contributed by atoms with E-state index in [0.717, 1.165) is 49.0 Å². The van der Waals surface area contributed by atoms with Crippen LogP contribution in [0.4, 0.5) is 0 Å². The fraction of sp³-hybridized carbons (Fsp3) is 0.571. The van der Waals surface area contributed by atoms with Gasteiger partial charge in [-0.3, -0.25) is 0 Å². The maximum absolute atomic E-state index is 9.60. The van der Waals surface area contributed by atoms with Gasteiger partial charge < -0.3 is 5.11 Å². The zero-order chi connectivity index (χ0) is 8.57. The van der Waals surface area contributed by atoms with E-state index < -0.39 is 5.97 Å². The van der Waals surface area contributed by atoms with Gasteiger partial charge in [0.05, 0.1) is 0 Å². The van der Waals surface area contributed by atoms with Gasteiger partial charge in [0.2, 0.25) is 0 Å². The summed E-state index contributed by atoms with van der Waals surface area (Å²) in [6, 6.07) is 0. The molecule has 0 unspecified atom stereocenters. The van der Waals surface area contributed by atoms with Crippen molar-refractivity contribution in [2.24, 2.45) is 0 Å². The molecule has 0 aliphatic rings. The predicted octanol–water partition coefficient (Wildman–Crippen LogP) is 1.63. The van der Waals surface area contributed by atoms with Crippen LogP contribution in [0, 0.1) is 0 Å². The number of hydrogen-bond acceptors (Lipinski definition) is 1. The molecule has 1 N–H and O–H groups in total. The molecule has 10 heavy (non-hydrogen) atoms. The quantitative estimate of drug-likeness (QED) is 0.502. The molecule has 0 aliphatic carbocycles. The first-order valence-electron chi connectivity index (χ1n) is 3.45. The predicted molar refractivity (Wildman–Crippen MR) is 43.3 cm³/mol. The second-order valence-electron chi connectivity index (χ2n) is 2.09. The van der Waals surface area contributed by atoms with Crippen LogP contribution in [0.15, 0.2) is 12.2 Å². The summed E-state index contributed by atoms with van der Waals surface area (Å²) in [6.07, 6.45) is 1.40. The molecule has 2 nitrogen and oxygen atoms in total. The second-order valence-corrected chi connectivity index (χ2v) is 3.65. The summed E-state index contributed by atoms with van der Waals surface area (Å²) < 4.78 is 1.51. The molecule has 0 spiro atoms. The van der Waals surface area contributed by atoms with Gasteiger partial charge in [0, 0.05) is 5.57 Å². The summed E-state index contributed by atoms with van der Waals surface area (Å²) >= 11 is 1.11. The molecular weight excluding hydrogens is 155 g/mol. The molecule has 0 heterocycles. The Kier molecular flexibility index (Phi) is 13.2. The summed E-state index contributed by atoms with van der Waals surface area (Å²) in [4.78, 5) is 9.60. The van der Waals surface area contributed by atoms with Gasteiger partial charge in [0.15, 0.2) is 0 Å². The Hall–Kier alpha value is 0.846. The van der Waals surface area contributed by atoms with Crippen molar-refractivity contribution in [2.45, 2.75) is 20.8 Å². The van der Waals surface area contributed by atoms with Gasteiger partial charge in [-0.05, 0) is 6.92 Å². The monoisotopic (exact) mass is 168 g/mol. The van der Waals surface area contributed by atoms with Gasteiger partial charge in [-0.2, -0.15) is 0 Å². The fourth-order valence-corrected chi connectivity index (χ4v) is 0. The Balaban J connectivity index is 0. The van der Waals surface area contributed by atoms with Crippen molar-refractivity contribution in [3.05, 3.63) is 12.2 Å². The summed E-state index contributed by atoms with van der Waals surface area (Å²) in [5, 5.41) is 7.89. The fourth-order valence-electron chi connectivity index (χ4n) is 0.